The molecule has 9 nitrogen and oxygen atoms in total. The van der Waals surface area contributed by atoms with Crippen LogP contribution in [-0.2, 0) is 17.8 Å². The second kappa shape index (κ2) is 7.60. The predicted octanol–water partition coefficient (Wildman–Crippen LogP) is 3.39. The molecule has 1 saturated carbocycles. The summed E-state index contributed by atoms with van der Waals surface area (Å²) in [6, 6.07) is 8.42. The van der Waals surface area contributed by atoms with E-state index in [0.29, 0.717) is 30.6 Å². The number of hydrogen-bond acceptors (Lipinski definition) is 7. The molecule has 3 aromatic rings. The largest absolute Gasteiger partial charge is 0.467 e. The summed E-state index contributed by atoms with van der Waals surface area (Å²) in [6.45, 7) is 1.07. The lowest BCUT2D eigenvalue weighted by molar-refractivity contribution is -0.384. The fourth-order valence-electron chi connectivity index (χ4n) is 3.72. The zero-order chi connectivity index (χ0) is 20.7. The molecule has 0 unspecified atom stereocenters. The number of rotatable bonds is 7. The van der Waals surface area contributed by atoms with E-state index in [-0.39, 0.29) is 17.3 Å². The standard InChI is InChI=1S/C20H19N5O4S/c26-18(23-8-7-14-10-15(25(27)28)5-6-17(14)23)12-30-20-22-21-19(13-3-4-13)24(20)11-16-2-1-9-29-16/h1-2,5-6,9-10,13H,3-4,7-8,11-12H2. The van der Waals surface area contributed by atoms with Gasteiger partial charge in [0.2, 0.25) is 5.91 Å². The first-order valence-electron chi connectivity index (χ1n) is 9.76. The van der Waals surface area contributed by atoms with E-state index in [0.717, 1.165) is 35.7 Å². The number of furan rings is 1. The normalized spacial score (nSPS) is 15.4. The third kappa shape index (κ3) is 3.58. The van der Waals surface area contributed by atoms with Crippen molar-refractivity contribution < 1.29 is 14.1 Å². The number of nitro groups is 1. The molecule has 1 aromatic carbocycles. The Balaban J connectivity index is 1.30. The van der Waals surface area contributed by atoms with Crippen LogP contribution in [0.15, 0.2) is 46.2 Å². The molecule has 0 radical (unpaired) electrons. The summed E-state index contributed by atoms with van der Waals surface area (Å²) in [7, 11) is 0. The van der Waals surface area contributed by atoms with Gasteiger partial charge in [-0.1, -0.05) is 11.8 Å². The molecule has 1 aliphatic heterocycles. The summed E-state index contributed by atoms with van der Waals surface area (Å²) in [6.07, 6.45) is 4.48. The maximum atomic E-state index is 12.9. The number of nitrogens with zero attached hydrogens (tertiary/aromatic N) is 5. The minimum absolute atomic E-state index is 0.0480. The predicted molar refractivity (Wildman–Crippen MR) is 110 cm³/mol. The van der Waals surface area contributed by atoms with Crippen molar-refractivity contribution in [3.05, 3.63) is 63.9 Å². The number of thioether (sulfide) groups is 1. The van der Waals surface area contributed by atoms with E-state index in [1.165, 1.54) is 17.8 Å². The monoisotopic (exact) mass is 425 g/mol. The van der Waals surface area contributed by atoms with Gasteiger partial charge in [-0.25, -0.2) is 0 Å². The summed E-state index contributed by atoms with van der Waals surface area (Å²) in [4.78, 5) is 25.1. The van der Waals surface area contributed by atoms with E-state index in [9.17, 15) is 14.9 Å². The molecule has 1 fully saturated rings. The SMILES string of the molecule is O=C(CSc1nnc(C2CC2)n1Cc1ccco1)N1CCc2cc([N+](=O)[O-])ccc21. The lowest BCUT2D eigenvalue weighted by Gasteiger charge is -2.17. The van der Waals surface area contributed by atoms with Crippen LogP contribution in [0.5, 0.6) is 0 Å². The van der Waals surface area contributed by atoms with Crippen molar-refractivity contribution in [2.24, 2.45) is 0 Å². The molecule has 0 saturated heterocycles. The molecule has 3 heterocycles. The smallest absolute Gasteiger partial charge is 0.269 e. The van der Waals surface area contributed by atoms with Crippen LogP contribution in [0.3, 0.4) is 0 Å². The van der Waals surface area contributed by atoms with Crippen molar-refractivity contribution in [1.29, 1.82) is 0 Å². The van der Waals surface area contributed by atoms with Gasteiger partial charge >= 0.3 is 0 Å². The number of amides is 1. The number of carbonyl (C=O) groups excluding carboxylic acids is 1. The first-order chi connectivity index (χ1) is 14.6. The van der Waals surface area contributed by atoms with Crippen LogP contribution in [0.1, 0.15) is 35.9 Å². The Morgan fingerprint density at radius 1 is 1.30 bits per heavy atom. The van der Waals surface area contributed by atoms with E-state index < -0.39 is 4.92 Å². The quantitative estimate of drug-likeness (QED) is 0.324. The Labute approximate surface area is 176 Å². The van der Waals surface area contributed by atoms with Gasteiger partial charge in [-0.05, 0) is 43.0 Å². The molecular formula is C20H19N5O4S. The fraction of sp³-hybridized carbons (Fsp3) is 0.350. The van der Waals surface area contributed by atoms with Crippen LogP contribution in [0.4, 0.5) is 11.4 Å². The molecule has 30 heavy (non-hydrogen) atoms. The zero-order valence-electron chi connectivity index (χ0n) is 16.1. The van der Waals surface area contributed by atoms with Crippen LogP contribution < -0.4 is 4.90 Å². The van der Waals surface area contributed by atoms with E-state index in [1.807, 2.05) is 16.7 Å². The van der Waals surface area contributed by atoms with E-state index in [4.69, 9.17) is 4.42 Å². The van der Waals surface area contributed by atoms with Crippen molar-refractivity contribution in [2.75, 3.05) is 17.2 Å². The number of carbonyl (C=O) groups is 1. The highest BCUT2D eigenvalue weighted by Crippen LogP contribution is 2.40. The number of anilines is 1. The Hall–Kier alpha value is -3.14. The van der Waals surface area contributed by atoms with Gasteiger partial charge < -0.3 is 9.32 Å². The van der Waals surface area contributed by atoms with Gasteiger partial charge in [0.1, 0.15) is 11.6 Å². The van der Waals surface area contributed by atoms with Gasteiger partial charge in [-0.15, -0.1) is 10.2 Å². The maximum Gasteiger partial charge on any atom is 0.269 e. The van der Waals surface area contributed by atoms with Crippen molar-refractivity contribution in [3.63, 3.8) is 0 Å². The average molecular weight is 425 g/mol. The maximum absolute atomic E-state index is 12.9. The second-order valence-corrected chi connectivity index (χ2v) is 8.38. The van der Waals surface area contributed by atoms with Gasteiger partial charge in [0, 0.05) is 30.3 Å². The highest BCUT2D eigenvalue weighted by molar-refractivity contribution is 7.99. The Morgan fingerprint density at radius 2 is 2.17 bits per heavy atom. The summed E-state index contributed by atoms with van der Waals surface area (Å²) in [5, 5.41) is 20.4. The Morgan fingerprint density at radius 3 is 2.90 bits per heavy atom. The van der Waals surface area contributed by atoms with Crippen molar-refractivity contribution in [1.82, 2.24) is 14.8 Å². The highest BCUT2D eigenvalue weighted by Gasteiger charge is 2.31. The minimum Gasteiger partial charge on any atom is -0.467 e. The Kier molecular flexibility index (Phi) is 4.78. The molecule has 10 heteroatoms. The highest BCUT2D eigenvalue weighted by atomic mass is 32.2. The van der Waals surface area contributed by atoms with E-state index in [2.05, 4.69) is 10.2 Å². The molecule has 0 bridgehead atoms. The number of benzene rings is 1. The van der Waals surface area contributed by atoms with Gasteiger partial charge in [0.05, 0.1) is 23.5 Å². The van der Waals surface area contributed by atoms with Gasteiger partial charge in [-0.3, -0.25) is 19.5 Å². The second-order valence-electron chi connectivity index (χ2n) is 7.43. The summed E-state index contributed by atoms with van der Waals surface area (Å²) < 4.78 is 7.52. The molecule has 2 aliphatic rings. The average Bonchev–Trinajstić information content (AvgIpc) is 3.15. The number of non-ortho nitro benzene ring substituents is 1. The lowest BCUT2D eigenvalue weighted by Crippen LogP contribution is -2.30. The number of hydrogen-bond donors (Lipinski definition) is 0. The van der Waals surface area contributed by atoms with Gasteiger partial charge in [-0.2, -0.15) is 0 Å². The fourth-order valence-corrected chi connectivity index (χ4v) is 4.54. The van der Waals surface area contributed by atoms with Crippen molar-refractivity contribution >= 4 is 29.0 Å². The van der Waals surface area contributed by atoms with Gasteiger partial charge in [0.25, 0.3) is 5.69 Å². The van der Waals surface area contributed by atoms with Crippen LogP contribution >= 0.6 is 11.8 Å². The molecule has 1 aliphatic carbocycles. The molecule has 5 rings (SSSR count). The van der Waals surface area contributed by atoms with Crippen molar-refractivity contribution in [2.45, 2.75) is 36.9 Å². The summed E-state index contributed by atoms with van der Waals surface area (Å²) in [5.41, 5.74) is 1.64. The molecule has 2 aromatic heterocycles. The third-order valence-electron chi connectivity index (χ3n) is 5.38. The molecule has 0 atom stereocenters. The topological polar surface area (TPSA) is 107 Å². The summed E-state index contributed by atoms with van der Waals surface area (Å²) in [5.74, 6) is 2.37. The minimum atomic E-state index is -0.413. The third-order valence-corrected chi connectivity index (χ3v) is 6.33. The van der Waals surface area contributed by atoms with Crippen LogP contribution in [0, 0.1) is 10.1 Å². The molecule has 0 spiro atoms. The number of nitro benzene ring substituents is 1. The van der Waals surface area contributed by atoms with Crippen LogP contribution in [0.25, 0.3) is 0 Å². The molecular weight excluding hydrogens is 406 g/mol. The number of aromatic nitrogens is 3. The zero-order valence-corrected chi connectivity index (χ0v) is 16.9. The molecule has 0 N–H and O–H groups in total. The van der Waals surface area contributed by atoms with Crippen molar-refractivity contribution in [3.8, 4) is 0 Å². The van der Waals surface area contributed by atoms with E-state index in [1.54, 1.807) is 23.3 Å². The van der Waals surface area contributed by atoms with E-state index >= 15 is 0 Å². The first-order valence-corrected chi connectivity index (χ1v) is 10.7. The van der Waals surface area contributed by atoms with Crippen LogP contribution in [-0.4, -0.2) is 37.9 Å². The first kappa shape index (κ1) is 18.9. The van der Waals surface area contributed by atoms with Gasteiger partial charge in [0.15, 0.2) is 5.16 Å². The number of fused-ring (bicyclic) bond motifs is 1. The Bertz CT molecular complexity index is 1110. The lowest BCUT2D eigenvalue weighted by atomic mass is 10.1. The summed E-state index contributed by atoms with van der Waals surface area (Å²) >= 11 is 1.36. The molecule has 154 valence electrons. The molecule has 1 amide bonds. The van der Waals surface area contributed by atoms with Crippen LogP contribution in [0.2, 0.25) is 0 Å².